The molecular formula is C29H29ClN4O4S2. The number of carbonyl (C=O) groups excluding carboxylic acids is 2. The van der Waals surface area contributed by atoms with Crippen LogP contribution in [0.2, 0.25) is 5.02 Å². The fourth-order valence-electron chi connectivity index (χ4n) is 4.72. The van der Waals surface area contributed by atoms with Crippen molar-refractivity contribution in [1.82, 2.24) is 19.5 Å². The van der Waals surface area contributed by atoms with Crippen molar-refractivity contribution in [3.05, 3.63) is 95.3 Å². The third kappa shape index (κ3) is 6.87. The second-order valence-electron chi connectivity index (χ2n) is 9.70. The third-order valence-electron chi connectivity index (χ3n) is 6.81. The van der Waals surface area contributed by atoms with Crippen molar-refractivity contribution < 1.29 is 18.0 Å². The predicted molar refractivity (Wildman–Crippen MR) is 157 cm³/mol. The number of aromatic nitrogens is 1. The van der Waals surface area contributed by atoms with Crippen molar-refractivity contribution in [2.75, 3.05) is 19.6 Å². The number of benzene rings is 2. The smallest absolute Gasteiger partial charge is 0.250 e. The molecule has 1 saturated heterocycles. The number of hydrogen-bond acceptors (Lipinski definition) is 6. The van der Waals surface area contributed by atoms with Gasteiger partial charge in [-0.15, -0.1) is 11.3 Å². The summed E-state index contributed by atoms with van der Waals surface area (Å²) < 4.78 is 29.8. The Balaban J connectivity index is 1.27. The first kappa shape index (κ1) is 28.2. The summed E-state index contributed by atoms with van der Waals surface area (Å²) >= 11 is 7.15. The highest BCUT2D eigenvalue weighted by molar-refractivity contribution is 7.91. The Hall–Kier alpha value is -3.31. The number of rotatable bonds is 10. The monoisotopic (exact) mass is 596 g/mol. The summed E-state index contributed by atoms with van der Waals surface area (Å²) in [7, 11) is -3.94. The van der Waals surface area contributed by atoms with Gasteiger partial charge in [0.25, 0.3) is 10.0 Å². The van der Waals surface area contributed by atoms with Gasteiger partial charge in [-0.1, -0.05) is 54.1 Å². The minimum atomic E-state index is -3.94. The topological polar surface area (TPSA) is 99.7 Å². The summed E-state index contributed by atoms with van der Waals surface area (Å²) in [5, 5.41) is 1.29. The number of pyridine rings is 1. The average molecular weight is 597 g/mol. The molecule has 208 valence electrons. The molecular weight excluding hydrogens is 568 g/mol. The number of carbonyl (C=O) groups is 2. The molecule has 1 atom stereocenters. The lowest BCUT2D eigenvalue weighted by Gasteiger charge is -2.33. The maximum Gasteiger partial charge on any atom is 0.250 e. The Bertz CT molecular complexity index is 1600. The molecule has 0 spiro atoms. The van der Waals surface area contributed by atoms with Crippen LogP contribution >= 0.6 is 22.9 Å². The van der Waals surface area contributed by atoms with Crippen LogP contribution in [0, 0.1) is 0 Å². The quantitative estimate of drug-likeness (QED) is 0.291. The zero-order chi connectivity index (χ0) is 28.1. The van der Waals surface area contributed by atoms with E-state index in [0.717, 1.165) is 32.7 Å². The minimum Gasteiger partial charge on any atom is -0.336 e. The lowest BCUT2D eigenvalue weighted by molar-refractivity contribution is -0.143. The Morgan fingerprint density at radius 1 is 1.10 bits per heavy atom. The van der Waals surface area contributed by atoms with Crippen LogP contribution < -0.4 is 4.72 Å². The van der Waals surface area contributed by atoms with Gasteiger partial charge in [0, 0.05) is 47.7 Å². The van der Waals surface area contributed by atoms with Gasteiger partial charge in [0.1, 0.15) is 10.3 Å². The predicted octanol–water partition coefficient (Wildman–Crippen LogP) is 4.49. The van der Waals surface area contributed by atoms with Gasteiger partial charge < -0.3 is 9.80 Å². The molecule has 40 heavy (non-hydrogen) atoms. The molecule has 2 aromatic carbocycles. The number of nitrogens with zero attached hydrogens (tertiary/aromatic N) is 3. The van der Waals surface area contributed by atoms with E-state index in [-0.39, 0.29) is 16.7 Å². The van der Waals surface area contributed by atoms with E-state index in [1.807, 2.05) is 48.5 Å². The van der Waals surface area contributed by atoms with E-state index < -0.39 is 22.0 Å². The highest BCUT2D eigenvalue weighted by atomic mass is 35.5. The van der Waals surface area contributed by atoms with Gasteiger partial charge in [-0.3, -0.25) is 14.6 Å². The first-order valence-corrected chi connectivity index (χ1v) is 15.7. The molecule has 1 aliphatic rings. The fraction of sp³-hybridized carbons (Fsp3) is 0.276. The van der Waals surface area contributed by atoms with Crippen molar-refractivity contribution in [2.45, 2.75) is 36.1 Å². The van der Waals surface area contributed by atoms with E-state index >= 15 is 0 Å². The van der Waals surface area contributed by atoms with Crippen molar-refractivity contribution in [3.63, 3.8) is 0 Å². The molecule has 1 N–H and O–H groups in total. The van der Waals surface area contributed by atoms with Gasteiger partial charge in [0.05, 0.1) is 6.54 Å². The number of sulfonamides is 1. The third-order valence-corrected chi connectivity index (χ3v) is 10.1. The van der Waals surface area contributed by atoms with Gasteiger partial charge in [0.2, 0.25) is 11.8 Å². The van der Waals surface area contributed by atoms with Crippen molar-refractivity contribution in [3.8, 4) is 0 Å². The molecule has 1 fully saturated rings. The van der Waals surface area contributed by atoms with Crippen LogP contribution in [0.5, 0.6) is 0 Å². The number of hydrogen-bond donors (Lipinski definition) is 1. The molecule has 8 nitrogen and oxygen atoms in total. The SMILES string of the molecule is O=C(CN1CCCC(NS(=O)(=O)c2cc3ccc(Cl)cc3s2)C1=O)N(CCc1ccccn1)Cc1ccccc1. The van der Waals surface area contributed by atoms with Crippen LogP contribution in [-0.4, -0.2) is 60.7 Å². The molecule has 11 heteroatoms. The zero-order valence-electron chi connectivity index (χ0n) is 21.7. The Morgan fingerprint density at radius 3 is 2.67 bits per heavy atom. The van der Waals surface area contributed by atoms with E-state index in [0.29, 0.717) is 43.9 Å². The number of likely N-dealkylation sites (tertiary alicyclic amines) is 1. The summed E-state index contributed by atoms with van der Waals surface area (Å²) in [6.45, 7) is 1.12. The number of thiophene rings is 1. The van der Waals surface area contributed by atoms with Crippen molar-refractivity contribution in [2.24, 2.45) is 0 Å². The summed E-state index contributed by atoms with van der Waals surface area (Å²) in [6.07, 6.45) is 3.25. The molecule has 0 bridgehead atoms. The zero-order valence-corrected chi connectivity index (χ0v) is 24.1. The summed E-state index contributed by atoms with van der Waals surface area (Å²) in [5.41, 5.74) is 1.86. The maximum absolute atomic E-state index is 13.5. The number of amides is 2. The molecule has 0 radical (unpaired) electrons. The number of fused-ring (bicyclic) bond motifs is 1. The molecule has 3 heterocycles. The molecule has 0 saturated carbocycles. The van der Waals surface area contributed by atoms with Crippen LogP contribution in [0.25, 0.3) is 10.1 Å². The number of piperidine rings is 1. The van der Waals surface area contributed by atoms with Crippen LogP contribution in [0.1, 0.15) is 24.1 Å². The number of nitrogens with one attached hydrogen (secondary N) is 1. The minimum absolute atomic E-state index is 0.118. The molecule has 2 aromatic heterocycles. The second-order valence-corrected chi connectivity index (χ2v) is 13.2. The van der Waals surface area contributed by atoms with Crippen LogP contribution in [0.15, 0.2) is 83.2 Å². The normalized spacial score (nSPS) is 15.9. The van der Waals surface area contributed by atoms with Gasteiger partial charge in [0.15, 0.2) is 0 Å². The molecule has 0 aliphatic carbocycles. The Kier molecular flexibility index (Phi) is 8.80. The second kappa shape index (κ2) is 12.5. The molecule has 2 amide bonds. The lowest BCUT2D eigenvalue weighted by Crippen LogP contribution is -2.54. The Labute approximate surface area is 242 Å². The largest absolute Gasteiger partial charge is 0.336 e. The van der Waals surface area contributed by atoms with E-state index in [1.165, 1.54) is 4.90 Å². The number of halogens is 1. The van der Waals surface area contributed by atoms with Crippen molar-refractivity contribution in [1.29, 1.82) is 0 Å². The molecule has 1 aliphatic heterocycles. The van der Waals surface area contributed by atoms with Gasteiger partial charge in [-0.2, -0.15) is 4.72 Å². The summed E-state index contributed by atoms with van der Waals surface area (Å²) in [5.74, 6) is -0.588. The van der Waals surface area contributed by atoms with E-state index in [9.17, 15) is 18.0 Å². The van der Waals surface area contributed by atoms with E-state index in [2.05, 4.69) is 9.71 Å². The molecule has 4 aromatic rings. The van der Waals surface area contributed by atoms with Crippen LogP contribution in [0.3, 0.4) is 0 Å². The fourth-order valence-corrected chi connectivity index (χ4v) is 7.63. The van der Waals surface area contributed by atoms with Crippen LogP contribution in [-0.2, 0) is 32.6 Å². The summed E-state index contributed by atoms with van der Waals surface area (Å²) in [4.78, 5) is 34.4. The first-order chi connectivity index (χ1) is 19.3. The van der Waals surface area contributed by atoms with Gasteiger partial charge in [-0.05, 0) is 54.1 Å². The van der Waals surface area contributed by atoms with Crippen LogP contribution in [0.4, 0.5) is 0 Å². The molecule has 1 unspecified atom stereocenters. The highest BCUT2D eigenvalue weighted by Crippen LogP contribution is 2.31. The maximum atomic E-state index is 13.5. The van der Waals surface area contributed by atoms with E-state index in [1.54, 1.807) is 35.4 Å². The summed E-state index contributed by atoms with van der Waals surface area (Å²) in [6, 6.07) is 21.2. The highest BCUT2D eigenvalue weighted by Gasteiger charge is 2.34. The lowest BCUT2D eigenvalue weighted by atomic mass is 10.1. The first-order valence-electron chi connectivity index (χ1n) is 13.0. The van der Waals surface area contributed by atoms with Gasteiger partial charge in [-0.25, -0.2) is 8.42 Å². The van der Waals surface area contributed by atoms with Crippen molar-refractivity contribution >= 4 is 54.9 Å². The average Bonchev–Trinajstić information content (AvgIpc) is 3.38. The van der Waals surface area contributed by atoms with Gasteiger partial charge >= 0.3 is 0 Å². The van der Waals surface area contributed by atoms with E-state index in [4.69, 9.17) is 11.6 Å². The Morgan fingerprint density at radius 2 is 1.90 bits per heavy atom. The standard InChI is InChI=1S/C29H29ClN4O4S2/c30-23-12-11-22-17-28(39-26(22)18-23)40(37,38)32-25-10-6-15-34(29(25)36)20-27(35)33(19-21-7-2-1-3-8-21)16-13-24-9-4-5-14-31-24/h1-5,7-9,11-12,14,17-18,25,32H,6,10,13,15-16,19-20H2. The molecule has 5 rings (SSSR count).